The average Bonchev–Trinajstić information content (AvgIpc) is 2.53. The van der Waals surface area contributed by atoms with Gasteiger partial charge in [-0.05, 0) is 67.1 Å². The summed E-state index contributed by atoms with van der Waals surface area (Å²) in [6.45, 7) is 0.755. The summed E-state index contributed by atoms with van der Waals surface area (Å²) in [5.74, 6) is 0.538. The van der Waals surface area contributed by atoms with Crippen molar-refractivity contribution in [2.45, 2.75) is 25.2 Å². The highest BCUT2D eigenvalue weighted by Crippen LogP contribution is 2.34. The fourth-order valence-electron chi connectivity index (χ4n) is 3.06. The van der Waals surface area contributed by atoms with Crippen LogP contribution in [-0.2, 0) is 6.42 Å². The van der Waals surface area contributed by atoms with Crippen molar-refractivity contribution in [3.63, 3.8) is 0 Å². The third kappa shape index (κ3) is 2.41. The van der Waals surface area contributed by atoms with Gasteiger partial charge in [-0.3, -0.25) is 4.98 Å². The molecule has 0 aliphatic heterocycles. The van der Waals surface area contributed by atoms with E-state index in [1.807, 2.05) is 12.3 Å². The predicted molar refractivity (Wildman–Crippen MR) is 83.5 cm³/mol. The molecule has 0 unspecified atom stereocenters. The Labute approximate surface area is 120 Å². The van der Waals surface area contributed by atoms with E-state index in [0.29, 0.717) is 5.92 Å². The van der Waals surface area contributed by atoms with Gasteiger partial charge in [0.2, 0.25) is 0 Å². The molecule has 0 saturated heterocycles. The van der Waals surface area contributed by atoms with Gasteiger partial charge in [0.25, 0.3) is 0 Å². The van der Waals surface area contributed by atoms with E-state index in [1.54, 1.807) is 6.20 Å². The lowest BCUT2D eigenvalue weighted by Crippen LogP contribution is -2.19. The van der Waals surface area contributed by atoms with E-state index < -0.39 is 0 Å². The lowest BCUT2D eigenvalue weighted by molar-refractivity contribution is 0.561. The second-order valence-corrected chi connectivity index (χ2v) is 5.48. The Hall–Kier alpha value is -1.87. The summed E-state index contributed by atoms with van der Waals surface area (Å²) in [5.41, 5.74) is 11.1. The van der Waals surface area contributed by atoms with E-state index in [2.05, 4.69) is 41.2 Å². The van der Waals surface area contributed by atoms with Gasteiger partial charge in [-0.15, -0.1) is 0 Å². The maximum atomic E-state index is 5.89. The molecule has 1 heterocycles. The minimum absolute atomic E-state index is 0.538. The molecule has 2 N–H and O–H groups in total. The van der Waals surface area contributed by atoms with Crippen molar-refractivity contribution >= 4 is 11.4 Å². The highest BCUT2D eigenvalue weighted by Gasteiger charge is 2.19. The zero-order valence-corrected chi connectivity index (χ0v) is 11.9. The van der Waals surface area contributed by atoms with Crippen molar-refractivity contribution in [2.24, 2.45) is 5.73 Å². The molecular weight excluding hydrogens is 246 g/mol. The summed E-state index contributed by atoms with van der Waals surface area (Å²) in [6, 6.07) is 10.8. The second kappa shape index (κ2) is 5.63. The molecule has 1 aliphatic rings. The molecular formula is C17H21N3. The molecule has 0 amide bonds. The molecule has 3 heteroatoms. The summed E-state index contributed by atoms with van der Waals surface area (Å²) < 4.78 is 0. The molecule has 1 aliphatic carbocycles. The quantitative estimate of drug-likeness (QED) is 0.928. The highest BCUT2D eigenvalue weighted by molar-refractivity contribution is 5.63. The summed E-state index contributed by atoms with van der Waals surface area (Å²) in [7, 11) is 2.09. The van der Waals surface area contributed by atoms with Gasteiger partial charge in [-0.2, -0.15) is 0 Å². The Morgan fingerprint density at radius 3 is 2.95 bits per heavy atom. The molecule has 3 nitrogen and oxygen atoms in total. The van der Waals surface area contributed by atoms with Gasteiger partial charge in [-0.1, -0.05) is 6.07 Å². The van der Waals surface area contributed by atoms with Gasteiger partial charge in [0.15, 0.2) is 0 Å². The van der Waals surface area contributed by atoms with E-state index in [9.17, 15) is 0 Å². The van der Waals surface area contributed by atoms with E-state index >= 15 is 0 Å². The minimum atomic E-state index is 0.538. The minimum Gasteiger partial charge on any atom is -0.343 e. The molecule has 1 atom stereocenters. The smallest absolute Gasteiger partial charge is 0.0594 e. The van der Waals surface area contributed by atoms with Crippen molar-refractivity contribution < 1.29 is 0 Å². The summed E-state index contributed by atoms with van der Waals surface area (Å²) in [4.78, 5) is 6.37. The lowest BCUT2D eigenvalue weighted by atomic mass is 9.82. The normalized spacial score (nSPS) is 17.6. The zero-order valence-electron chi connectivity index (χ0n) is 11.9. The van der Waals surface area contributed by atoms with Crippen LogP contribution in [0, 0.1) is 0 Å². The topological polar surface area (TPSA) is 42.2 Å². The third-order valence-electron chi connectivity index (χ3n) is 4.27. The van der Waals surface area contributed by atoms with Crippen molar-refractivity contribution in [1.82, 2.24) is 4.98 Å². The van der Waals surface area contributed by atoms with Crippen LogP contribution in [0.1, 0.15) is 29.9 Å². The zero-order chi connectivity index (χ0) is 13.9. The van der Waals surface area contributed by atoms with Crippen molar-refractivity contribution in [2.75, 3.05) is 18.5 Å². The first-order chi connectivity index (χ1) is 9.79. The van der Waals surface area contributed by atoms with E-state index in [4.69, 9.17) is 5.73 Å². The third-order valence-corrected chi connectivity index (χ3v) is 4.27. The maximum Gasteiger partial charge on any atom is 0.0594 e. The number of nitrogens with zero attached hydrogens (tertiary/aromatic N) is 2. The molecule has 1 aromatic heterocycles. The van der Waals surface area contributed by atoms with E-state index in [-0.39, 0.29) is 0 Å². The first-order valence-electron chi connectivity index (χ1n) is 7.26. The number of hydrogen-bond acceptors (Lipinski definition) is 3. The van der Waals surface area contributed by atoms with Crippen LogP contribution in [0.4, 0.5) is 11.4 Å². The Balaban J connectivity index is 1.92. The number of anilines is 2. The highest BCUT2D eigenvalue weighted by atomic mass is 15.1. The second-order valence-electron chi connectivity index (χ2n) is 5.48. The molecule has 0 spiro atoms. The van der Waals surface area contributed by atoms with E-state index in [0.717, 1.165) is 12.2 Å². The van der Waals surface area contributed by atoms with Crippen molar-refractivity contribution in [3.05, 3.63) is 53.9 Å². The van der Waals surface area contributed by atoms with Gasteiger partial charge < -0.3 is 10.6 Å². The number of aryl methyl sites for hydroxylation is 1. The van der Waals surface area contributed by atoms with Gasteiger partial charge in [0, 0.05) is 18.9 Å². The first kappa shape index (κ1) is 13.1. The number of pyridine rings is 1. The van der Waals surface area contributed by atoms with Gasteiger partial charge in [0.1, 0.15) is 0 Å². The van der Waals surface area contributed by atoms with Gasteiger partial charge in [0.05, 0.1) is 11.9 Å². The molecule has 2 aromatic rings. The fraction of sp³-hybridized carbons (Fsp3) is 0.353. The molecule has 0 radical (unpaired) electrons. The Morgan fingerprint density at radius 1 is 1.30 bits per heavy atom. The molecule has 0 saturated carbocycles. The van der Waals surface area contributed by atoms with Crippen LogP contribution in [-0.4, -0.2) is 18.6 Å². The lowest BCUT2D eigenvalue weighted by Gasteiger charge is -2.27. The SMILES string of the molecule is CN(c1cccnc1)c1ccc2c(c1)CCC[C@H]2CN. The number of nitrogens with two attached hydrogens (primary N) is 1. The number of hydrogen-bond donors (Lipinski definition) is 1. The van der Waals surface area contributed by atoms with Crippen LogP contribution in [0.15, 0.2) is 42.7 Å². The first-order valence-corrected chi connectivity index (χ1v) is 7.26. The standard InChI is InChI=1S/C17H21N3/c1-20(16-6-3-9-19-12-16)15-7-8-17-13(10-15)4-2-5-14(17)11-18/h3,6-10,12,14H,2,4-5,11,18H2,1H3/t14-/m0/s1. The van der Waals surface area contributed by atoms with E-state index in [1.165, 1.54) is 36.1 Å². The molecule has 3 rings (SSSR count). The van der Waals surface area contributed by atoms with Gasteiger partial charge in [-0.25, -0.2) is 0 Å². The number of fused-ring (bicyclic) bond motifs is 1. The molecule has 1 aromatic carbocycles. The van der Waals surface area contributed by atoms with Crippen LogP contribution in [0.2, 0.25) is 0 Å². The molecule has 104 valence electrons. The van der Waals surface area contributed by atoms with Crippen LogP contribution in [0.3, 0.4) is 0 Å². The molecule has 20 heavy (non-hydrogen) atoms. The van der Waals surface area contributed by atoms with Crippen LogP contribution >= 0.6 is 0 Å². The van der Waals surface area contributed by atoms with Crippen LogP contribution in [0.25, 0.3) is 0 Å². The number of aromatic nitrogens is 1. The Bertz CT molecular complexity index is 580. The molecule has 0 bridgehead atoms. The van der Waals surface area contributed by atoms with Crippen molar-refractivity contribution in [1.29, 1.82) is 0 Å². The summed E-state index contributed by atoms with van der Waals surface area (Å²) >= 11 is 0. The molecule has 0 fully saturated rings. The largest absolute Gasteiger partial charge is 0.343 e. The summed E-state index contributed by atoms with van der Waals surface area (Å²) in [5, 5.41) is 0. The maximum absolute atomic E-state index is 5.89. The van der Waals surface area contributed by atoms with Crippen LogP contribution in [0.5, 0.6) is 0 Å². The number of benzene rings is 1. The Morgan fingerprint density at radius 2 is 2.20 bits per heavy atom. The monoisotopic (exact) mass is 267 g/mol. The Kier molecular flexibility index (Phi) is 3.70. The number of rotatable bonds is 3. The van der Waals surface area contributed by atoms with Crippen LogP contribution < -0.4 is 10.6 Å². The summed E-state index contributed by atoms with van der Waals surface area (Å²) in [6.07, 6.45) is 7.33. The van der Waals surface area contributed by atoms with Gasteiger partial charge >= 0.3 is 0 Å². The van der Waals surface area contributed by atoms with Crippen molar-refractivity contribution in [3.8, 4) is 0 Å². The average molecular weight is 267 g/mol. The predicted octanol–water partition coefficient (Wildman–Crippen LogP) is 3.23. The fourth-order valence-corrected chi connectivity index (χ4v) is 3.06.